The predicted molar refractivity (Wildman–Crippen MR) is 123 cm³/mol. The lowest BCUT2D eigenvalue weighted by Crippen LogP contribution is -2.12. The number of ether oxygens (including phenoxy) is 3. The molecular formula is C27H22O5. The minimum absolute atomic E-state index is 0.123. The van der Waals surface area contributed by atoms with Crippen LogP contribution in [0.1, 0.15) is 31.8 Å². The molecule has 0 saturated carbocycles. The van der Waals surface area contributed by atoms with Gasteiger partial charge in [-0.25, -0.2) is 0 Å². The topological polar surface area (TPSA) is 61.8 Å². The first-order valence-corrected chi connectivity index (χ1v) is 10.2. The number of rotatable bonds is 7. The van der Waals surface area contributed by atoms with Crippen LogP contribution in [0.2, 0.25) is 0 Å². The van der Waals surface area contributed by atoms with Crippen molar-refractivity contribution in [1.82, 2.24) is 0 Å². The van der Waals surface area contributed by atoms with Gasteiger partial charge in [-0.15, -0.1) is 0 Å². The Labute approximate surface area is 186 Å². The molecule has 0 aliphatic carbocycles. The number of ketones is 2. The van der Waals surface area contributed by atoms with Gasteiger partial charge in [0.05, 0.1) is 12.7 Å². The van der Waals surface area contributed by atoms with Gasteiger partial charge in [-0.1, -0.05) is 42.5 Å². The van der Waals surface area contributed by atoms with E-state index in [1.54, 1.807) is 55.7 Å². The number of hydrogen-bond acceptors (Lipinski definition) is 5. The Kier molecular flexibility index (Phi) is 6.17. The highest BCUT2D eigenvalue weighted by molar-refractivity contribution is 6.13. The summed E-state index contributed by atoms with van der Waals surface area (Å²) in [4.78, 5) is 25.1. The maximum absolute atomic E-state index is 12.7. The molecule has 0 aromatic heterocycles. The molecule has 0 amide bonds. The van der Waals surface area contributed by atoms with Gasteiger partial charge in [0, 0.05) is 11.1 Å². The van der Waals surface area contributed by atoms with E-state index in [-0.39, 0.29) is 23.9 Å². The van der Waals surface area contributed by atoms with Crippen LogP contribution in [0, 0.1) is 6.92 Å². The second-order valence-corrected chi connectivity index (χ2v) is 7.24. The summed E-state index contributed by atoms with van der Waals surface area (Å²) >= 11 is 0. The zero-order valence-corrected chi connectivity index (χ0v) is 17.8. The van der Waals surface area contributed by atoms with Crippen molar-refractivity contribution in [3.63, 3.8) is 0 Å². The maximum Gasteiger partial charge on any atom is 0.231 e. The summed E-state index contributed by atoms with van der Waals surface area (Å²) in [6.45, 7) is 1.68. The standard InChI is InChI=1S/C27H22O5/c1-18-24(31-17-23(28)20-11-13-21(30-2)14-12-20)16-15-22-26(29)25(32-27(18)22)10-6-9-19-7-4-3-5-8-19/h3-16H,17H2,1-2H3/b9-6+,25-10-. The summed E-state index contributed by atoms with van der Waals surface area (Å²) in [6.07, 6.45) is 5.34. The lowest BCUT2D eigenvalue weighted by Gasteiger charge is -2.11. The summed E-state index contributed by atoms with van der Waals surface area (Å²) < 4.78 is 16.7. The fraction of sp³-hybridized carbons (Fsp3) is 0.111. The van der Waals surface area contributed by atoms with Crippen LogP contribution >= 0.6 is 0 Å². The summed E-state index contributed by atoms with van der Waals surface area (Å²) in [7, 11) is 1.57. The van der Waals surface area contributed by atoms with Gasteiger partial charge in [0.2, 0.25) is 5.78 Å². The molecule has 0 saturated heterocycles. The third-order valence-electron chi connectivity index (χ3n) is 5.14. The quantitative estimate of drug-likeness (QED) is 0.372. The van der Waals surface area contributed by atoms with Crippen molar-refractivity contribution in [2.45, 2.75) is 6.92 Å². The lowest BCUT2D eigenvalue weighted by molar-refractivity contribution is 0.0920. The number of carbonyl (C=O) groups excluding carboxylic acids is 2. The second-order valence-electron chi connectivity index (χ2n) is 7.24. The van der Waals surface area contributed by atoms with E-state index in [0.29, 0.717) is 33.9 Å². The van der Waals surface area contributed by atoms with E-state index in [4.69, 9.17) is 14.2 Å². The molecule has 0 N–H and O–H groups in total. The molecule has 160 valence electrons. The minimum atomic E-state index is -0.179. The van der Waals surface area contributed by atoms with Crippen LogP contribution in [0.3, 0.4) is 0 Å². The van der Waals surface area contributed by atoms with Crippen molar-refractivity contribution in [2.24, 2.45) is 0 Å². The van der Waals surface area contributed by atoms with E-state index >= 15 is 0 Å². The molecule has 0 radical (unpaired) electrons. The molecule has 1 aliphatic heterocycles. The molecule has 3 aromatic carbocycles. The highest BCUT2D eigenvalue weighted by Crippen LogP contribution is 2.38. The van der Waals surface area contributed by atoms with Crippen molar-refractivity contribution in [3.8, 4) is 17.2 Å². The molecule has 1 aliphatic rings. The zero-order chi connectivity index (χ0) is 22.5. The molecule has 32 heavy (non-hydrogen) atoms. The first kappa shape index (κ1) is 21.1. The Morgan fingerprint density at radius 1 is 1.00 bits per heavy atom. The first-order chi connectivity index (χ1) is 15.6. The van der Waals surface area contributed by atoms with E-state index in [9.17, 15) is 9.59 Å². The summed E-state index contributed by atoms with van der Waals surface area (Å²) in [5.41, 5.74) is 2.72. The summed E-state index contributed by atoms with van der Waals surface area (Å²) in [5, 5.41) is 0. The Balaban J connectivity index is 1.45. The van der Waals surface area contributed by atoms with Crippen LogP contribution in [0.4, 0.5) is 0 Å². The van der Waals surface area contributed by atoms with Crippen LogP contribution in [0.15, 0.2) is 84.6 Å². The monoisotopic (exact) mass is 426 g/mol. The van der Waals surface area contributed by atoms with Crippen LogP contribution in [-0.2, 0) is 0 Å². The maximum atomic E-state index is 12.7. The average Bonchev–Trinajstić information content (AvgIpc) is 3.15. The van der Waals surface area contributed by atoms with E-state index in [0.717, 1.165) is 5.56 Å². The fourth-order valence-electron chi connectivity index (χ4n) is 3.35. The van der Waals surface area contributed by atoms with E-state index < -0.39 is 0 Å². The molecule has 1 heterocycles. The van der Waals surface area contributed by atoms with Gasteiger partial charge in [0.1, 0.15) is 17.2 Å². The van der Waals surface area contributed by atoms with Gasteiger partial charge in [-0.3, -0.25) is 9.59 Å². The summed E-state index contributed by atoms with van der Waals surface area (Å²) in [6, 6.07) is 20.0. The third kappa shape index (κ3) is 4.47. The Morgan fingerprint density at radius 2 is 1.75 bits per heavy atom. The molecule has 0 unspecified atom stereocenters. The average molecular weight is 426 g/mol. The Morgan fingerprint density at radius 3 is 2.47 bits per heavy atom. The van der Waals surface area contributed by atoms with Crippen LogP contribution in [0.25, 0.3) is 6.08 Å². The van der Waals surface area contributed by atoms with Crippen molar-refractivity contribution < 1.29 is 23.8 Å². The minimum Gasteiger partial charge on any atom is -0.497 e. The van der Waals surface area contributed by atoms with Crippen LogP contribution in [0.5, 0.6) is 17.2 Å². The molecule has 0 spiro atoms. The molecule has 5 nitrogen and oxygen atoms in total. The SMILES string of the molecule is COc1ccc(C(=O)COc2ccc3c(c2C)O/C(=C\C=C\c2ccccc2)C3=O)cc1. The van der Waals surface area contributed by atoms with E-state index in [2.05, 4.69) is 0 Å². The fourth-order valence-corrected chi connectivity index (χ4v) is 3.35. The molecular weight excluding hydrogens is 404 g/mol. The first-order valence-electron chi connectivity index (χ1n) is 10.2. The van der Waals surface area contributed by atoms with Gasteiger partial charge in [-0.05, 0) is 55.0 Å². The number of allylic oxidation sites excluding steroid dienone is 3. The number of hydrogen-bond donors (Lipinski definition) is 0. The summed E-state index contributed by atoms with van der Waals surface area (Å²) in [5.74, 6) is 1.56. The molecule has 0 atom stereocenters. The van der Waals surface area contributed by atoms with Gasteiger partial charge in [-0.2, -0.15) is 0 Å². The highest BCUT2D eigenvalue weighted by Gasteiger charge is 2.29. The smallest absolute Gasteiger partial charge is 0.231 e. The normalized spacial score (nSPS) is 13.8. The number of Topliss-reactive ketones (excluding diaryl/α,β-unsaturated/α-hetero) is 2. The van der Waals surface area contributed by atoms with Gasteiger partial charge < -0.3 is 14.2 Å². The van der Waals surface area contributed by atoms with Crippen LogP contribution in [-0.4, -0.2) is 25.3 Å². The zero-order valence-electron chi connectivity index (χ0n) is 17.8. The lowest BCUT2D eigenvalue weighted by atomic mass is 10.1. The van der Waals surface area contributed by atoms with Crippen molar-refractivity contribution in [3.05, 3.63) is 107 Å². The van der Waals surface area contributed by atoms with Gasteiger partial charge >= 0.3 is 0 Å². The van der Waals surface area contributed by atoms with Crippen molar-refractivity contribution in [2.75, 3.05) is 13.7 Å². The third-order valence-corrected chi connectivity index (χ3v) is 5.14. The molecule has 0 bridgehead atoms. The van der Waals surface area contributed by atoms with Gasteiger partial charge in [0.15, 0.2) is 18.1 Å². The van der Waals surface area contributed by atoms with Crippen molar-refractivity contribution >= 4 is 17.6 Å². The second kappa shape index (κ2) is 9.35. The van der Waals surface area contributed by atoms with Gasteiger partial charge in [0.25, 0.3) is 0 Å². The molecule has 5 heteroatoms. The van der Waals surface area contributed by atoms with Crippen molar-refractivity contribution in [1.29, 1.82) is 0 Å². The number of benzene rings is 3. The Bertz CT molecular complexity index is 1200. The van der Waals surface area contributed by atoms with E-state index in [1.165, 1.54) is 0 Å². The number of methoxy groups -OCH3 is 1. The van der Waals surface area contributed by atoms with Crippen LogP contribution < -0.4 is 14.2 Å². The Hall–Kier alpha value is -4.12. The number of fused-ring (bicyclic) bond motifs is 1. The predicted octanol–water partition coefficient (Wildman–Crippen LogP) is 5.44. The molecule has 3 aromatic rings. The molecule has 4 rings (SSSR count). The molecule has 0 fully saturated rings. The highest BCUT2D eigenvalue weighted by atomic mass is 16.5. The van der Waals surface area contributed by atoms with E-state index in [1.807, 2.05) is 43.3 Å². The number of carbonyl (C=O) groups is 2. The largest absolute Gasteiger partial charge is 0.497 e.